The van der Waals surface area contributed by atoms with Crippen molar-refractivity contribution in [3.05, 3.63) is 23.8 Å². The average molecular weight is 278 g/mol. The summed E-state index contributed by atoms with van der Waals surface area (Å²) in [5.41, 5.74) is 11.1. The lowest BCUT2D eigenvalue weighted by atomic mass is 10.2. The topological polar surface area (TPSA) is 70.8 Å². The molecule has 0 saturated carbocycles. The van der Waals surface area contributed by atoms with Crippen LogP contribution in [0.3, 0.4) is 0 Å². The predicted octanol–water partition coefficient (Wildman–Crippen LogP) is 1.02. The molecule has 6 heteroatoms. The first kappa shape index (κ1) is 14.6. The summed E-state index contributed by atoms with van der Waals surface area (Å²) in [5.74, 6) is -0.342. The van der Waals surface area contributed by atoms with Gasteiger partial charge < -0.3 is 20.8 Å². The number of likely N-dealkylation sites (N-methyl/N-ethyl adjacent to an activating group) is 1. The maximum atomic E-state index is 11.6. The number of nitrogens with zero attached hydrogens (tertiary/aromatic N) is 2. The number of ether oxygens (including phenoxy) is 1. The van der Waals surface area contributed by atoms with Crippen molar-refractivity contribution < 1.29 is 9.53 Å². The average Bonchev–Trinajstić information content (AvgIpc) is 2.43. The third-order valence-corrected chi connectivity index (χ3v) is 3.34. The molecule has 1 heterocycles. The highest BCUT2D eigenvalue weighted by Gasteiger charge is 2.15. The van der Waals surface area contributed by atoms with Gasteiger partial charge in [-0.05, 0) is 32.2 Å². The summed E-state index contributed by atoms with van der Waals surface area (Å²) in [4.78, 5) is 13.9. The largest absolute Gasteiger partial charge is 0.462 e. The molecule has 0 atom stereocenters. The molecule has 20 heavy (non-hydrogen) atoms. The standard InChI is InChI=1S/C14H22N4O2/c1-3-20-14(19)11-4-5-13(12(15)10-11)16-18-8-6-17(2)7-9-18/h4-5,10,16H,3,6-9,15H2,1-2H3. The Morgan fingerprint density at radius 1 is 1.35 bits per heavy atom. The fourth-order valence-corrected chi connectivity index (χ4v) is 2.09. The fraction of sp³-hybridized carbons (Fsp3) is 0.500. The number of carbonyl (C=O) groups excluding carboxylic acids is 1. The van der Waals surface area contributed by atoms with Crippen LogP contribution in [-0.4, -0.2) is 55.7 Å². The third kappa shape index (κ3) is 3.61. The van der Waals surface area contributed by atoms with Gasteiger partial charge in [0.2, 0.25) is 0 Å². The van der Waals surface area contributed by atoms with Crippen molar-refractivity contribution in [2.24, 2.45) is 0 Å². The van der Waals surface area contributed by atoms with E-state index in [0.717, 1.165) is 31.9 Å². The van der Waals surface area contributed by atoms with Crippen molar-refractivity contribution in [1.29, 1.82) is 0 Å². The minimum absolute atomic E-state index is 0.342. The fourth-order valence-electron chi connectivity index (χ4n) is 2.09. The van der Waals surface area contributed by atoms with E-state index in [4.69, 9.17) is 10.5 Å². The summed E-state index contributed by atoms with van der Waals surface area (Å²) in [7, 11) is 2.11. The number of rotatable bonds is 4. The molecule has 0 amide bonds. The minimum atomic E-state index is -0.342. The zero-order valence-electron chi connectivity index (χ0n) is 12.1. The first-order valence-electron chi connectivity index (χ1n) is 6.87. The molecule has 1 aliphatic heterocycles. The van der Waals surface area contributed by atoms with Gasteiger partial charge in [-0.1, -0.05) is 0 Å². The second-order valence-electron chi connectivity index (χ2n) is 4.92. The highest BCUT2D eigenvalue weighted by Crippen LogP contribution is 2.21. The molecule has 0 bridgehead atoms. The quantitative estimate of drug-likeness (QED) is 0.633. The Bertz CT molecular complexity index is 470. The molecular weight excluding hydrogens is 256 g/mol. The number of nitrogens with two attached hydrogens (primary N) is 1. The van der Waals surface area contributed by atoms with Crippen molar-refractivity contribution in [2.45, 2.75) is 6.92 Å². The molecule has 1 fully saturated rings. The van der Waals surface area contributed by atoms with E-state index >= 15 is 0 Å². The maximum absolute atomic E-state index is 11.6. The smallest absolute Gasteiger partial charge is 0.338 e. The number of nitrogens with one attached hydrogen (secondary N) is 1. The van der Waals surface area contributed by atoms with Crippen LogP contribution in [0.5, 0.6) is 0 Å². The van der Waals surface area contributed by atoms with E-state index < -0.39 is 0 Å². The van der Waals surface area contributed by atoms with Gasteiger partial charge in [0.15, 0.2) is 0 Å². The number of nitrogen functional groups attached to an aromatic ring is 1. The summed E-state index contributed by atoms with van der Waals surface area (Å²) in [6.45, 7) is 6.07. The van der Waals surface area contributed by atoms with Gasteiger partial charge >= 0.3 is 5.97 Å². The van der Waals surface area contributed by atoms with Crippen LogP contribution in [0, 0.1) is 0 Å². The number of benzene rings is 1. The summed E-state index contributed by atoms with van der Waals surface area (Å²) in [5, 5.41) is 2.13. The van der Waals surface area contributed by atoms with Crippen LogP contribution < -0.4 is 11.2 Å². The summed E-state index contributed by atoms with van der Waals surface area (Å²) in [6.07, 6.45) is 0. The maximum Gasteiger partial charge on any atom is 0.338 e. The van der Waals surface area contributed by atoms with Crippen LogP contribution >= 0.6 is 0 Å². The van der Waals surface area contributed by atoms with Gasteiger partial charge in [0.1, 0.15) is 0 Å². The van der Waals surface area contributed by atoms with Crippen molar-refractivity contribution in [2.75, 3.05) is 51.0 Å². The normalized spacial score (nSPS) is 16.9. The lowest BCUT2D eigenvalue weighted by Crippen LogP contribution is -2.47. The number of hydrogen-bond donors (Lipinski definition) is 2. The molecule has 1 aliphatic rings. The first-order chi connectivity index (χ1) is 9.60. The third-order valence-electron chi connectivity index (χ3n) is 3.34. The van der Waals surface area contributed by atoms with Crippen LogP contribution in [0.4, 0.5) is 11.4 Å². The minimum Gasteiger partial charge on any atom is -0.462 e. The lowest BCUT2D eigenvalue weighted by molar-refractivity contribution is 0.0526. The van der Waals surface area contributed by atoms with E-state index in [1.54, 1.807) is 19.1 Å². The molecule has 0 unspecified atom stereocenters. The second kappa shape index (κ2) is 6.58. The molecule has 1 saturated heterocycles. The summed E-state index contributed by atoms with van der Waals surface area (Å²) >= 11 is 0. The number of carbonyl (C=O) groups is 1. The predicted molar refractivity (Wildman–Crippen MR) is 79.5 cm³/mol. The van der Waals surface area contributed by atoms with E-state index in [9.17, 15) is 4.79 Å². The molecule has 110 valence electrons. The lowest BCUT2D eigenvalue weighted by Gasteiger charge is -2.33. The Morgan fingerprint density at radius 2 is 2.05 bits per heavy atom. The monoisotopic (exact) mass is 278 g/mol. The van der Waals surface area contributed by atoms with Crippen LogP contribution in [0.2, 0.25) is 0 Å². The van der Waals surface area contributed by atoms with Crippen molar-refractivity contribution in [3.8, 4) is 0 Å². The number of anilines is 2. The zero-order chi connectivity index (χ0) is 14.5. The second-order valence-corrected chi connectivity index (χ2v) is 4.92. The van der Waals surface area contributed by atoms with Crippen molar-refractivity contribution in [3.63, 3.8) is 0 Å². The number of esters is 1. The van der Waals surface area contributed by atoms with Gasteiger partial charge in [0.25, 0.3) is 0 Å². The highest BCUT2D eigenvalue weighted by molar-refractivity contribution is 5.91. The number of piperazine rings is 1. The van der Waals surface area contributed by atoms with Gasteiger partial charge in [-0.15, -0.1) is 0 Å². The van der Waals surface area contributed by atoms with E-state index in [-0.39, 0.29) is 5.97 Å². The number of hydrazine groups is 1. The van der Waals surface area contributed by atoms with E-state index in [1.165, 1.54) is 0 Å². The van der Waals surface area contributed by atoms with Gasteiger partial charge in [-0.25, -0.2) is 9.80 Å². The molecule has 3 N–H and O–H groups in total. The highest BCUT2D eigenvalue weighted by atomic mass is 16.5. The Balaban J connectivity index is 2.00. The van der Waals surface area contributed by atoms with Crippen molar-refractivity contribution in [1.82, 2.24) is 9.91 Å². The van der Waals surface area contributed by atoms with Gasteiger partial charge in [0.05, 0.1) is 23.5 Å². The van der Waals surface area contributed by atoms with Crippen LogP contribution in [0.1, 0.15) is 17.3 Å². The van der Waals surface area contributed by atoms with E-state index in [1.807, 2.05) is 6.07 Å². The van der Waals surface area contributed by atoms with Crippen LogP contribution in [0.25, 0.3) is 0 Å². The van der Waals surface area contributed by atoms with Crippen molar-refractivity contribution >= 4 is 17.3 Å². The van der Waals surface area contributed by atoms with Crippen LogP contribution in [-0.2, 0) is 4.74 Å². The summed E-state index contributed by atoms with van der Waals surface area (Å²) < 4.78 is 4.95. The molecule has 0 radical (unpaired) electrons. The van der Waals surface area contributed by atoms with E-state index in [0.29, 0.717) is 17.9 Å². The molecule has 1 aromatic rings. The molecule has 0 aromatic heterocycles. The molecular formula is C14H22N4O2. The molecule has 0 aliphatic carbocycles. The van der Waals surface area contributed by atoms with Gasteiger partial charge in [-0.2, -0.15) is 0 Å². The molecule has 1 aromatic carbocycles. The number of hydrogen-bond acceptors (Lipinski definition) is 6. The Labute approximate surface area is 119 Å². The molecule has 2 rings (SSSR count). The van der Waals surface area contributed by atoms with E-state index in [2.05, 4.69) is 22.4 Å². The van der Waals surface area contributed by atoms with Gasteiger partial charge in [-0.3, -0.25) is 0 Å². The Hall–Kier alpha value is -1.79. The Morgan fingerprint density at radius 3 is 2.65 bits per heavy atom. The van der Waals surface area contributed by atoms with Crippen LogP contribution in [0.15, 0.2) is 18.2 Å². The zero-order valence-corrected chi connectivity index (χ0v) is 12.1. The molecule has 0 spiro atoms. The van der Waals surface area contributed by atoms with Gasteiger partial charge in [0, 0.05) is 26.2 Å². The SMILES string of the molecule is CCOC(=O)c1ccc(NN2CCN(C)CC2)c(N)c1. The summed E-state index contributed by atoms with van der Waals surface area (Å²) in [6, 6.07) is 5.20. The first-order valence-corrected chi connectivity index (χ1v) is 6.87. The Kier molecular flexibility index (Phi) is 4.81. The molecule has 6 nitrogen and oxygen atoms in total.